The zero-order valence-corrected chi connectivity index (χ0v) is 13.9. The molecule has 0 saturated carbocycles. The largest absolute Gasteiger partial charge is 0.373 e. The highest BCUT2D eigenvalue weighted by Gasteiger charge is 2.19. The number of piperidine rings is 1. The van der Waals surface area contributed by atoms with Crippen LogP contribution in [0.25, 0.3) is 0 Å². The van der Waals surface area contributed by atoms with E-state index in [1.807, 2.05) is 6.07 Å². The Morgan fingerprint density at radius 2 is 2.10 bits per heavy atom. The standard InChI is InChI=1S/C16H22BrN3/c1-19-7-5-13(6-8-19)12-20(2)16-4-3-14(10-17)9-15(16)11-18/h3-4,9,13H,5-8,10,12H2,1-2H3. The molecule has 1 aromatic rings. The second kappa shape index (κ2) is 7.10. The number of hydrogen-bond acceptors (Lipinski definition) is 3. The molecule has 0 N–H and O–H groups in total. The van der Waals surface area contributed by atoms with Gasteiger partial charge >= 0.3 is 0 Å². The summed E-state index contributed by atoms with van der Waals surface area (Å²) >= 11 is 3.44. The Morgan fingerprint density at radius 3 is 2.70 bits per heavy atom. The van der Waals surface area contributed by atoms with Crippen molar-refractivity contribution in [2.45, 2.75) is 18.2 Å². The predicted octanol–water partition coefficient (Wildman–Crippen LogP) is 3.23. The van der Waals surface area contributed by atoms with Crippen LogP contribution in [0, 0.1) is 17.2 Å². The van der Waals surface area contributed by atoms with Crippen LogP contribution < -0.4 is 4.90 Å². The van der Waals surface area contributed by atoms with E-state index >= 15 is 0 Å². The highest BCUT2D eigenvalue weighted by atomic mass is 79.9. The van der Waals surface area contributed by atoms with Gasteiger partial charge in [0.15, 0.2) is 0 Å². The summed E-state index contributed by atoms with van der Waals surface area (Å²) in [6.07, 6.45) is 2.50. The summed E-state index contributed by atoms with van der Waals surface area (Å²) in [5, 5.41) is 10.1. The third kappa shape index (κ3) is 3.74. The second-order valence-corrected chi connectivity index (χ2v) is 6.28. The SMILES string of the molecule is CN1CCC(CN(C)c2ccc(CBr)cc2C#N)CC1. The molecular weight excluding hydrogens is 314 g/mol. The molecule has 0 amide bonds. The maximum absolute atomic E-state index is 9.33. The minimum absolute atomic E-state index is 0.735. The average molecular weight is 336 g/mol. The molecule has 108 valence electrons. The van der Waals surface area contributed by atoms with Gasteiger partial charge in [0.25, 0.3) is 0 Å². The number of alkyl halides is 1. The Bertz CT molecular complexity index is 487. The van der Waals surface area contributed by atoms with E-state index in [-0.39, 0.29) is 0 Å². The lowest BCUT2D eigenvalue weighted by molar-refractivity contribution is 0.222. The summed E-state index contributed by atoms with van der Waals surface area (Å²) in [4.78, 5) is 4.63. The van der Waals surface area contributed by atoms with Gasteiger partial charge in [-0.15, -0.1) is 0 Å². The van der Waals surface area contributed by atoms with Crippen LogP contribution in [-0.2, 0) is 5.33 Å². The fourth-order valence-corrected chi connectivity index (χ4v) is 3.17. The molecule has 0 spiro atoms. The molecule has 0 aliphatic carbocycles. The van der Waals surface area contributed by atoms with Crippen LogP contribution in [0.4, 0.5) is 5.69 Å². The normalized spacial score (nSPS) is 16.9. The van der Waals surface area contributed by atoms with E-state index in [2.05, 4.69) is 58.0 Å². The first-order valence-corrected chi connectivity index (χ1v) is 8.25. The molecule has 0 atom stereocenters. The lowest BCUT2D eigenvalue weighted by Gasteiger charge is -2.32. The van der Waals surface area contributed by atoms with Gasteiger partial charge in [-0.3, -0.25) is 0 Å². The number of nitrogens with zero attached hydrogens (tertiary/aromatic N) is 3. The van der Waals surface area contributed by atoms with Crippen LogP contribution in [0.15, 0.2) is 18.2 Å². The first-order valence-electron chi connectivity index (χ1n) is 7.12. The van der Waals surface area contributed by atoms with Gasteiger partial charge in [-0.05, 0) is 56.6 Å². The number of halogens is 1. The molecule has 0 bridgehead atoms. The third-order valence-corrected chi connectivity index (χ3v) is 4.76. The van der Waals surface area contributed by atoms with Crippen LogP contribution in [-0.4, -0.2) is 38.6 Å². The lowest BCUT2D eigenvalue weighted by Crippen LogP contribution is -2.35. The first kappa shape index (κ1) is 15.3. The summed E-state index contributed by atoms with van der Waals surface area (Å²) in [6.45, 7) is 3.41. The van der Waals surface area contributed by atoms with Crippen molar-refractivity contribution in [3.8, 4) is 6.07 Å². The maximum atomic E-state index is 9.33. The highest BCUT2D eigenvalue weighted by molar-refractivity contribution is 9.08. The number of benzene rings is 1. The van der Waals surface area contributed by atoms with Crippen molar-refractivity contribution in [1.82, 2.24) is 4.90 Å². The summed E-state index contributed by atoms with van der Waals surface area (Å²) < 4.78 is 0. The second-order valence-electron chi connectivity index (χ2n) is 5.72. The summed E-state index contributed by atoms with van der Waals surface area (Å²) in [7, 11) is 4.29. The molecule has 1 aromatic carbocycles. The van der Waals surface area contributed by atoms with E-state index in [1.165, 1.54) is 25.9 Å². The maximum Gasteiger partial charge on any atom is 0.101 e. The van der Waals surface area contributed by atoms with Crippen molar-refractivity contribution < 1.29 is 0 Å². The van der Waals surface area contributed by atoms with E-state index in [4.69, 9.17) is 0 Å². The molecule has 1 heterocycles. The van der Waals surface area contributed by atoms with Crippen molar-refractivity contribution in [1.29, 1.82) is 5.26 Å². The molecule has 1 aliphatic rings. The topological polar surface area (TPSA) is 30.3 Å². The number of hydrogen-bond donors (Lipinski definition) is 0. The first-order chi connectivity index (χ1) is 9.63. The van der Waals surface area contributed by atoms with E-state index in [0.717, 1.165) is 34.6 Å². The van der Waals surface area contributed by atoms with E-state index in [0.29, 0.717) is 0 Å². The van der Waals surface area contributed by atoms with Gasteiger partial charge in [0.05, 0.1) is 11.3 Å². The molecule has 20 heavy (non-hydrogen) atoms. The van der Waals surface area contributed by atoms with Crippen LogP contribution in [0.2, 0.25) is 0 Å². The van der Waals surface area contributed by atoms with Crippen molar-refractivity contribution in [2.75, 3.05) is 38.6 Å². The van der Waals surface area contributed by atoms with Gasteiger partial charge in [-0.25, -0.2) is 0 Å². The molecule has 4 heteroatoms. The molecule has 0 aromatic heterocycles. The number of anilines is 1. The van der Waals surface area contributed by atoms with Gasteiger partial charge in [0, 0.05) is 18.9 Å². The summed E-state index contributed by atoms with van der Waals surface area (Å²) in [6, 6.07) is 8.47. The van der Waals surface area contributed by atoms with Gasteiger partial charge in [0.1, 0.15) is 6.07 Å². The Hall–Kier alpha value is -1.05. The molecule has 2 rings (SSSR count). The minimum atomic E-state index is 0.735. The van der Waals surface area contributed by atoms with E-state index in [9.17, 15) is 5.26 Å². The summed E-state index contributed by atoms with van der Waals surface area (Å²) in [5.41, 5.74) is 2.98. The highest BCUT2D eigenvalue weighted by Crippen LogP contribution is 2.25. The van der Waals surface area contributed by atoms with Gasteiger partial charge in [-0.2, -0.15) is 5.26 Å². The molecular formula is C16H22BrN3. The van der Waals surface area contributed by atoms with Gasteiger partial charge < -0.3 is 9.80 Å². The Morgan fingerprint density at radius 1 is 1.40 bits per heavy atom. The zero-order chi connectivity index (χ0) is 14.5. The van der Waals surface area contributed by atoms with Crippen molar-refractivity contribution in [3.63, 3.8) is 0 Å². The number of rotatable bonds is 4. The fourth-order valence-electron chi connectivity index (χ4n) is 2.82. The zero-order valence-electron chi connectivity index (χ0n) is 12.3. The Labute approximate surface area is 130 Å². The molecule has 1 saturated heterocycles. The van der Waals surface area contributed by atoms with Crippen LogP contribution in [0.3, 0.4) is 0 Å². The molecule has 0 unspecified atom stereocenters. The monoisotopic (exact) mass is 335 g/mol. The number of nitriles is 1. The third-order valence-electron chi connectivity index (χ3n) is 4.12. The molecule has 3 nitrogen and oxygen atoms in total. The van der Waals surface area contributed by atoms with Crippen LogP contribution in [0.5, 0.6) is 0 Å². The fraction of sp³-hybridized carbons (Fsp3) is 0.562. The summed E-state index contributed by atoms with van der Waals surface area (Å²) in [5.74, 6) is 0.735. The van der Waals surface area contributed by atoms with Crippen molar-refractivity contribution in [2.24, 2.45) is 5.92 Å². The van der Waals surface area contributed by atoms with E-state index < -0.39 is 0 Å². The lowest BCUT2D eigenvalue weighted by atomic mass is 9.96. The van der Waals surface area contributed by atoms with Gasteiger partial charge in [-0.1, -0.05) is 22.0 Å². The molecule has 1 aliphatic heterocycles. The predicted molar refractivity (Wildman–Crippen MR) is 87.3 cm³/mol. The minimum Gasteiger partial charge on any atom is -0.373 e. The van der Waals surface area contributed by atoms with Gasteiger partial charge in [0.2, 0.25) is 0 Å². The Kier molecular flexibility index (Phi) is 5.45. The molecule has 1 fully saturated rings. The van der Waals surface area contributed by atoms with Crippen LogP contribution in [0.1, 0.15) is 24.0 Å². The smallest absolute Gasteiger partial charge is 0.101 e. The molecule has 0 radical (unpaired) electrons. The number of likely N-dealkylation sites (tertiary alicyclic amines) is 1. The Balaban J connectivity index is 2.05. The van der Waals surface area contributed by atoms with Crippen molar-refractivity contribution >= 4 is 21.6 Å². The van der Waals surface area contributed by atoms with E-state index in [1.54, 1.807) is 0 Å². The van der Waals surface area contributed by atoms with Crippen molar-refractivity contribution in [3.05, 3.63) is 29.3 Å². The average Bonchev–Trinajstić information content (AvgIpc) is 2.48. The quantitative estimate of drug-likeness (QED) is 0.791. The van der Waals surface area contributed by atoms with Crippen LogP contribution >= 0.6 is 15.9 Å².